The first kappa shape index (κ1) is 22.3. The van der Waals surface area contributed by atoms with Gasteiger partial charge in [0, 0.05) is 27.2 Å². The highest BCUT2D eigenvalue weighted by atomic mass is 35.5. The third kappa shape index (κ3) is 3.90. The SMILES string of the molecule is CC(C)C1=C(CN2CCCC2)SC2=NC(C)(c3ccc(Cl)cc3)C(c3ccc(Cl)cc3)N21. The van der Waals surface area contributed by atoms with E-state index < -0.39 is 5.54 Å². The van der Waals surface area contributed by atoms with E-state index in [1.54, 1.807) is 0 Å². The van der Waals surface area contributed by atoms with Crippen LogP contribution in [0.25, 0.3) is 0 Å². The Bertz CT molecular complexity index is 1060. The molecule has 0 radical (unpaired) electrons. The van der Waals surface area contributed by atoms with Gasteiger partial charge in [0.2, 0.25) is 0 Å². The average Bonchev–Trinajstić information content (AvgIpc) is 3.44. The molecule has 2 unspecified atom stereocenters. The summed E-state index contributed by atoms with van der Waals surface area (Å²) in [5.74, 6) is 0.412. The van der Waals surface area contributed by atoms with E-state index in [0.717, 1.165) is 21.8 Å². The Morgan fingerprint density at radius 2 is 1.59 bits per heavy atom. The molecule has 0 spiro atoms. The summed E-state index contributed by atoms with van der Waals surface area (Å²) < 4.78 is 0. The smallest absolute Gasteiger partial charge is 0.169 e. The number of thioether (sulfide) groups is 1. The summed E-state index contributed by atoms with van der Waals surface area (Å²) in [5.41, 5.74) is 3.40. The van der Waals surface area contributed by atoms with Crippen molar-refractivity contribution in [1.29, 1.82) is 0 Å². The number of aliphatic imine (C=N–C) groups is 1. The number of hydrogen-bond acceptors (Lipinski definition) is 4. The second kappa shape index (κ2) is 8.72. The Balaban J connectivity index is 1.61. The number of allylic oxidation sites excluding steroid dienone is 1. The molecule has 3 nitrogen and oxygen atoms in total. The van der Waals surface area contributed by atoms with Crippen LogP contribution in [-0.4, -0.2) is 34.6 Å². The largest absolute Gasteiger partial charge is 0.313 e. The molecule has 3 heterocycles. The second-order valence-electron chi connectivity index (χ2n) is 9.42. The van der Waals surface area contributed by atoms with Gasteiger partial charge in [-0.05, 0) is 74.2 Å². The van der Waals surface area contributed by atoms with Crippen molar-refractivity contribution in [1.82, 2.24) is 9.80 Å². The van der Waals surface area contributed by atoms with Crippen LogP contribution in [-0.2, 0) is 5.54 Å². The fourth-order valence-electron chi connectivity index (χ4n) is 5.27. The number of likely N-dealkylation sites (tertiary alicyclic amines) is 1. The van der Waals surface area contributed by atoms with Crippen molar-refractivity contribution in [2.45, 2.75) is 45.2 Å². The van der Waals surface area contributed by atoms with Gasteiger partial charge in [-0.2, -0.15) is 0 Å². The molecule has 3 aliphatic rings. The summed E-state index contributed by atoms with van der Waals surface area (Å²) >= 11 is 14.3. The lowest BCUT2D eigenvalue weighted by molar-refractivity contribution is 0.270. The molecule has 0 N–H and O–H groups in total. The van der Waals surface area contributed by atoms with E-state index in [1.807, 2.05) is 36.0 Å². The molecule has 0 aromatic heterocycles. The predicted molar refractivity (Wildman–Crippen MR) is 137 cm³/mol. The first-order chi connectivity index (χ1) is 15.4. The molecule has 32 heavy (non-hydrogen) atoms. The minimum atomic E-state index is -0.417. The molecule has 0 saturated carbocycles. The van der Waals surface area contributed by atoms with Gasteiger partial charge in [0.1, 0.15) is 5.54 Å². The monoisotopic (exact) mass is 485 g/mol. The van der Waals surface area contributed by atoms with Crippen molar-refractivity contribution < 1.29 is 0 Å². The van der Waals surface area contributed by atoms with Gasteiger partial charge < -0.3 is 4.90 Å². The summed E-state index contributed by atoms with van der Waals surface area (Å²) in [6, 6.07) is 16.5. The molecule has 5 rings (SSSR count). The van der Waals surface area contributed by atoms with Crippen LogP contribution in [0.3, 0.4) is 0 Å². The molecular weight excluding hydrogens is 457 g/mol. The lowest BCUT2D eigenvalue weighted by atomic mass is 9.81. The molecule has 2 aromatic carbocycles. The Hall–Kier alpha value is -1.46. The van der Waals surface area contributed by atoms with Crippen LogP contribution < -0.4 is 0 Å². The van der Waals surface area contributed by atoms with Crippen molar-refractivity contribution >= 4 is 40.1 Å². The van der Waals surface area contributed by atoms with Gasteiger partial charge >= 0.3 is 0 Å². The van der Waals surface area contributed by atoms with Crippen LogP contribution in [0.15, 0.2) is 64.1 Å². The molecule has 168 valence electrons. The van der Waals surface area contributed by atoms with Crippen LogP contribution in [0, 0.1) is 5.92 Å². The maximum atomic E-state index is 6.26. The van der Waals surface area contributed by atoms with Crippen molar-refractivity contribution in [3.63, 3.8) is 0 Å². The van der Waals surface area contributed by atoms with Crippen molar-refractivity contribution in [3.05, 3.63) is 80.3 Å². The van der Waals surface area contributed by atoms with Gasteiger partial charge in [0.25, 0.3) is 0 Å². The maximum absolute atomic E-state index is 6.26. The first-order valence-electron chi connectivity index (χ1n) is 11.4. The summed E-state index contributed by atoms with van der Waals surface area (Å²) in [6.45, 7) is 10.3. The molecule has 0 bridgehead atoms. The highest BCUT2D eigenvalue weighted by Crippen LogP contribution is 2.56. The van der Waals surface area contributed by atoms with Crippen molar-refractivity contribution in [3.8, 4) is 0 Å². The summed E-state index contributed by atoms with van der Waals surface area (Å²) in [6.07, 6.45) is 2.61. The molecule has 0 aliphatic carbocycles. The summed E-state index contributed by atoms with van der Waals surface area (Å²) in [4.78, 5) is 11.9. The fraction of sp³-hybridized carbons (Fsp3) is 0.423. The van der Waals surface area contributed by atoms with Crippen LogP contribution in [0.1, 0.15) is 50.8 Å². The Morgan fingerprint density at radius 1 is 1.00 bits per heavy atom. The minimum Gasteiger partial charge on any atom is -0.313 e. The molecule has 1 saturated heterocycles. The lowest BCUT2D eigenvalue weighted by Crippen LogP contribution is -2.36. The molecule has 6 heteroatoms. The number of fused-ring (bicyclic) bond motifs is 1. The average molecular weight is 487 g/mol. The van der Waals surface area contributed by atoms with E-state index in [0.29, 0.717) is 5.92 Å². The molecule has 3 aliphatic heterocycles. The highest BCUT2D eigenvalue weighted by molar-refractivity contribution is 8.17. The maximum Gasteiger partial charge on any atom is 0.169 e. The third-order valence-electron chi connectivity index (χ3n) is 6.81. The number of nitrogens with zero attached hydrogens (tertiary/aromatic N) is 3. The molecular formula is C26H29Cl2N3S. The Morgan fingerprint density at radius 3 is 2.19 bits per heavy atom. The van der Waals surface area contributed by atoms with Crippen LogP contribution in [0.4, 0.5) is 0 Å². The van der Waals surface area contributed by atoms with E-state index in [1.165, 1.54) is 47.7 Å². The fourth-order valence-corrected chi connectivity index (χ4v) is 6.97. The number of halogens is 2. The predicted octanol–water partition coefficient (Wildman–Crippen LogP) is 7.33. The van der Waals surface area contributed by atoms with Gasteiger partial charge in [0.05, 0.1) is 6.04 Å². The van der Waals surface area contributed by atoms with E-state index >= 15 is 0 Å². The van der Waals surface area contributed by atoms with E-state index in [-0.39, 0.29) is 6.04 Å². The van der Waals surface area contributed by atoms with Crippen molar-refractivity contribution in [2.24, 2.45) is 10.9 Å². The Labute approximate surface area is 205 Å². The third-order valence-corrected chi connectivity index (χ3v) is 8.37. The summed E-state index contributed by atoms with van der Waals surface area (Å²) in [7, 11) is 0. The number of rotatable bonds is 5. The number of hydrogen-bond donors (Lipinski definition) is 0. The minimum absolute atomic E-state index is 0.0666. The van der Waals surface area contributed by atoms with E-state index in [9.17, 15) is 0 Å². The molecule has 2 aromatic rings. The topological polar surface area (TPSA) is 18.8 Å². The number of amidine groups is 1. The first-order valence-corrected chi connectivity index (χ1v) is 13.0. The van der Waals surface area contributed by atoms with Gasteiger partial charge in [-0.1, -0.05) is 73.1 Å². The lowest BCUT2D eigenvalue weighted by Gasteiger charge is -2.37. The van der Waals surface area contributed by atoms with Crippen LogP contribution in [0.5, 0.6) is 0 Å². The zero-order chi connectivity index (χ0) is 22.5. The second-order valence-corrected chi connectivity index (χ2v) is 11.4. The van der Waals surface area contributed by atoms with Gasteiger partial charge in [-0.25, -0.2) is 4.99 Å². The van der Waals surface area contributed by atoms with E-state index in [4.69, 9.17) is 28.2 Å². The quantitative estimate of drug-likeness (QED) is 0.441. The normalized spacial score (nSPS) is 25.8. The van der Waals surface area contributed by atoms with Gasteiger partial charge in [0.15, 0.2) is 5.17 Å². The molecule has 1 fully saturated rings. The summed E-state index contributed by atoms with van der Waals surface area (Å²) in [5, 5.41) is 2.61. The van der Waals surface area contributed by atoms with Crippen LogP contribution in [0.2, 0.25) is 10.0 Å². The zero-order valence-corrected chi connectivity index (χ0v) is 21.1. The zero-order valence-electron chi connectivity index (χ0n) is 18.8. The Kier molecular flexibility index (Phi) is 6.08. The van der Waals surface area contributed by atoms with Crippen LogP contribution >= 0.6 is 35.0 Å². The molecule has 0 amide bonds. The molecule has 2 atom stereocenters. The van der Waals surface area contributed by atoms with Crippen molar-refractivity contribution in [2.75, 3.05) is 19.6 Å². The highest BCUT2D eigenvalue weighted by Gasteiger charge is 2.52. The number of benzene rings is 2. The standard InChI is InChI=1S/C26H29Cl2N3S/c1-17(2)23-22(16-30-14-4-5-15-30)32-25-29-26(3,19-8-12-21(28)13-9-19)24(31(23)25)18-6-10-20(27)11-7-18/h6-13,17,24H,4-5,14-16H2,1-3H3. The van der Waals surface area contributed by atoms with Gasteiger partial charge in [-0.15, -0.1) is 0 Å². The van der Waals surface area contributed by atoms with E-state index in [2.05, 4.69) is 54.8 Å². The van der Waals surface area contributed by atoms with Gasteiger partial charge in [-0.3, -0.25) is 4.90 Å².